The molecule has 0 heterocycles. The quantitative estimate of drug-likeness (QED) is 0.553. The molecule has 4 rings (SSSR count). The number of nitrogens with one attached hydrogen (secondary N) is 1. The predicted molar refractivity (Wildman–Crippen MR) is 97.3 cm³/mol. The lowest BCUT2D eigenvalue weighted by Crippen LogP contribution is -2.71. The second kappa shape index (κ2) is 5.28. The molecule has 2 nitrogen and oxygen atoms in total. The zero-order chi connectivity index (χ0) is 16.3. The second-order valence-corrected chi connectivity index (χ2v) is 10.7. The SMILES string of the molecule is CC1(C)[C@@]2(C(=O)Nc3ccccc3F)CC[C@@]1(C(Br)Br)[C@@H]2Br. The minimum absolute atomic E-state index is 0.0282. The van der Waals surface area contributed by atoms with Crippen LogP contribution < -0.4 is 5.32 Å². The van der Waals surface area contributed by atoms with Crippen LogP contribution in [0.3, 0.4) is 0 Å². The molecule has 1 aromatic carbocycles. The molecule has 2 bridgehead atoms. The Morgan fingerprint density at radius 1 is 1.32 bits per heavy atom. The van der Waals surface area contributed by atoms with E-state index in [1.54, 1.807) is 18.2 Å². The molecule has 3 aliphatic rings. The molecule has 0 radical (unpaired) electrons. The summed E-state index contributed by atoms with van der Waals surface area (Å²) in [4.78, 5) is 13.0. The van der Waals surface area contributed by atoms with Crippen LogP contribution in [0.15, 0.2) is 24.3 Å². The number of amides is 1. The Morgan fingerprint density at radius 2 is 1.95 bits per heavy atom. The van der Waals surface area contributed by atoms with Crippen molar-refractivity contribution in [3.8, 4) is 0 Å². The van der Waals surface area contributed by atoms with Gasteiger partial charge in [-0.25, -0.2) is 4.39 Å². The van der Waals surface area contributed by atoms with Gasteiger partial charge in [-0.3, -0.25) is 4.79 Å². The van der Waals surface area contributed by atoms with Crippen molar-refractivity contribution in [2.24, 2.45) is 16.2 Å². The van der Waals surface area contributed by atoms with Crippen LogP contribution >= 0.6 is 47.8 Å². The summed E-state index contributed by atoms with van der Waals surface area (Å²) in [5.74, 6) is -0.503. The average Bonchev–Trinajstić information content (AvgIpc) is 2.91. The van der Waals surface area contributed by atoms with Gasteiger partial charge in [0.2, 0.25) is 5.91 Å². The standard InChI is InChI=1S/C16H17Br3FNO/c1-14(2)15(12(18)19)7-8-16(14,11(15)17)13(22)21-10-6-4-3-5-9(10)20/h3-6,11-12H,7-8H2,1-2H3,(H,21,22)/t11-,15-,16-/m0/s1. The molecule has 3 fully saturated rings. The van der Waals surface area contributed by atoms with Gasteiger partial charge in [-0.1, -0.05) is 73.8 Å². The number of alkyl halides is 3. The van der Waals surface area contributed by atoms with Crippen LogP contribution in [-0.4, -0.2) is 14.5 Å². The molecule has 0 saturated heterocycles. The largest absolute Gasteiger partial charge is 0.323 e. The van der Waals surface area contributed by atoms with Gasteiger partial charge in [0, 0.05) is 10.2 Å². The number of benzene rings is 1. The van der Waals surface area contributed by atoms with E-state index in [0.29, 0.717) is 0 Å². The summed E-state index contributed by atoms with van der Waals surface area (Å²) in [6.45, 7) is 4.27. The number of hydrogen-bond donors (Lipinski definition) is 1. The van der Waals surface area contributed by atoms with E-state index in [9.17, 15) is 9.18 Å². The minimum atomic E-state index is -0.519. The lowest BCUT2D eigenvalue weighted by Gasteiger charge is -2.66. The first-order valence-electron chi connectivity index (χ1n) is 7.20. The molecule has 1 N–H and O–H groups in total. The summed E-state index contributed by atoms with van der Waals surface area (Å²) >= 11 is 11.1. The number of halogens is 4. The molecule has 0 aromatic heterocycles. The molecular formula is C16H17Br3FNO. The molecule has 22 heavy (non-hydrogen) atoms. The third-order valence-corrected chi connectivity index (χ3v) is 9.25. The Balaban J connectivity index is 1.93. The van der Waals surface area contributed by atoms with E-state index >= 15 is 0 Å². The second-order valence-electron chi connectivity index (χ2n) is 6.73. The van der Waals surface area contributed by atoms with Gasteiger partial charge in [-0.05, 0) is 30.4 Å². The smallest absolute Gasteiger partial charge is 0.232 e. The summed E-state index contributed by atoms with van der Waals surface area (Å²) < 4.78 is 14.0. The maximum atomic E-state index is 13.8. The highest BCUT2D eigenvalue weighted by molar-refractivity contribution is 9.24. The summed E-state index contributed by atoms with van der Waals surface area (Å²) in [5, 5.41) is 2.80. The topological polar surface area (TPSA) is 29.1 Å². The molecule has 0 aliphatic heterocycles. The van der Waals surface area contributed by atoms with Gasteiger partial charge in [0.1, 0.15) is 5.82 Å². The predicted octanol–water partition coefficient (Wildman–Crippen LogP) is 5.45. The normalized spacial score (nSPS) is 35.3. The van der Waals surface area contributed by atoms with Gasteiger partial charge < -0.3 is 5.32 Å². The van der Waals surface area contributed by atoms with E-state index in [1.165, 1.54) is 6.07 Å². The van der Waals surface area contributed by atoms with Crippen molar-refractivity contribution in [3.63, 3.8) is 0 Å². The van der Waals surface area contributed by atoms with Crippen molar-refractivity contribution >= 4 is 59.4 Å². The van der Waals surface area contributed by atoms with E-state index in [1.807, 2.05) is 0 Å². The van der Waals surface area contributed by atoms with E-state index in [0.717, 1.165) is 12.8 Å². The average molecular weight is 498 g/mol. The number of carbonyl (C=O) groups excluding carboxylic acids is 1. The van der Waals surface area contributed by atoms with E-state index in [-0.39, 0.29) is 31.0 Å². The molecule has 1 amide bonds. The van der Waals surface area contributed by atoms with Crippen molar-refractivity contribution in [1.82, 2.24) is 0 Å². The number of fused-ring (bicyclic) bond motifs is 1. The van der Waals surface area contributed by atoms with Crippen LogP contribution in [0.4, 0.5) is 10.1 Å². The zero-order valence-electron chi connectivity index (χ0n) is 12.3. The van der Waals surface area contributed by atoms with Crippen molar-refractivity contribution in [2.75, 3.05) is 5.32 Å². The molecule has 0 unspecified atom stereocenters. The third kappa shape index (κ3) is 1.78. The third-order valence-electron chi connectivity index (χ3n) is 6.01. The maximum Gasteiger partial charge on any atom is 0.232 e. The molecule has 1 aromatic rings. The van der Waals surface area contributed by atoms with Crippen LogP contribution in [0.2, 0.25) is 0 Å². The van der Waals surface area contributed by atoms with Gasteiger partial charge in [-0.2, -0.15) is 0 Å². The van der Waals surface area contributed by atoms with Gasteiger partial charge in [0.25, 0.3) is 0 Å². The first-order valence-corrected chi connectivity index (χ1v) is 9.95. The molecule has 6 heteroatoms. The summed E-state index contributed by atoms with van der Waals surface area (Å²) in [6.07, 6.45) is 1.74. The molecular weight excluding hydrogens is 481 g/mol. The van der Waals surface area contributed by atoms with Gasteiger partial charge in [-0.15, -0.1) is 0 Å². The van der Waals surface area contributed by atoms with Crippen LogP contribution in [-0.2, 0) is 4.79 Å². The highest BCUT2D eigenvalue weighted by atomic mass is 79.9. The van der Waals surface area contributed by atoms with Crippen molar-refractivity contribution in [3.05, 3.63) is 30.1 Å². The van der Waals surface area contributed by atoms with Crippen LogP contribution in [0.25, 0.3) is 0 Å². The van der Waals surface area contributed by atoms with E-state index in [2.05, 4.69) is 67.0 Å². The number of hydrogen-bond acceptors (Lipinski definition) is 1. The van der Waals surface area contributed by atoms with Crippen LogP contribution in [0.5, 0.6) is 0 Å². The molecule has 3 aliphatic carbocycles. The van der Waals surface area contributed by atoms with E-state index < -0.39 is 11.2 Å². The maximum absolute atomic E-state index is 13.8. The number of anilines is 1. The van der Waals surface area contributed by atoms with Gasteiger partial charge in [0.05, 0.1) is 14.8 Å². The summed E-state index contributed by atoms with van der Waals surface area (Å²) in [7, 11) is 0. The molecule has 120 valence electrons. The fourth-order valence-corrected chi connectivity index (χ4v) is 9.41. The minimum Gasteiger partial charge on any atom is -0.323 e. The van der Waals surface area contributed by atoms with Gasteiger partial charge in [0.15, 0.2) is 0 Å². The lowest BCUT2D eigenvalue weighted by molar-refractivity contribution is -0.155. The molecule has 0 spiro atoms. The summed E-state index contributed by atoms with van der Waals surface area (Å²) in [6, 6.07) is 6.29. The van der Waals surface area contributed by atoms with Gasteiger partial charge >= 0.3 is 0 Å². The van der Waals surface area contributed by atoms with Crippen molar-refractivity contribution in [1.29, 1.82) is 0 Å². The first kappa shape index (κ1) is 16.9. The fraction of sp³-hybridized carbons (Fsp3) is 0.562. The number of carbonyl (C=O) groups is 1. The molecule has 3 saturated carbocycles. The van der Waals surface area contributed by atoms with Crippen molar-refractivity contribution in [2.45, 2.75) is 35.3 Å². The fourth-order valence-electron chi connectivity index (χ4n) is 4.49. The monoisotopic (exact) mass is 495 g/mol. The van der Waals surface area contributed by atoms with Crippen LogP contribution in [0, 0.1) is 22.1 Å². The first-order chi connectivity index (χ1) is 10.2. The Morgan fingerprint density at radius 3 is 2.45 bits per heavy atom. The highest BCUT2D eigenvalue weighted by Gasteiger charge is 2.83. The number of para-hydroxylation sites is 1. The highest BCUT2D eigenvalue weighted by Crippen LogP contribution is 2.82. The Labute approximate surface area is 155 Å². The Kier molecular flexibility index (Phi) is 4.06. The Hall–Kier alpha value is 0.0600. The zero-order valence-corrected chi connectivity index (χ0v) is 17.1. The Bertz CT molecular complexity index is 636. The van der Waals surface area contributed by atoms with Crippen molar-refractivity contribution < 1.29 is 9.18 Å². The van der Waals surface area contributed by atoms with E-state index in [4.69, 9.17) is 0 Å². The summed E-state index contributed by atoms with van der Waals surface area (Å²) in [5.41, 5.74) is -0.494. The van der Waals surface area contributed by atoms with Crippen LogP contribution in [0.1, 0.15) is 26.7 Å². The lowest BCUT2D eigenvalue weighted by atomic mass is 9.43. The molecule has 3 atom stereocenters. The number of rotatable bonds is 3.